The van der Waals surface area contributed by atoms with Crippen LogP contribution < -0.4 is 0 Å². The van der Waals surface area contributed by atoms with Crippen LogP contribution in [0.4, 0.5) is 0 Å². The number of pyridine rings is 1. The van der Waals surface area contributed by atoms with E-state index in [9.17, 15) is 5.11 Å². The zero-order valence-electron chi connectivity index (χ0n) is 9.94. The van der Waals surface area contributed by atoms with Crippen LogP contribution in [0.15, 0.2) is 12.3 Å². The highest BCUT2D eigenvalue weighted by Crippen LogP contribution is 2.27. The lowest BCUT2D eigenvalue weighted by Crippen LogP contribution is -2.04. The summed E-state index contributed by atoms with van der Waals surface area (Å²) in [5.41, 5.74) is 1.43. The number of halogens is 2. The minimum atomic E-state index is -0.764. The fourth-order valence-corrected chi connectivity index (χ4v) is 3.04. The van der Waals surface area contributed by atoms with Crippen molar-refractivity contribution in [3.8, 4) is 0 Å². The normalized spacial score (nSPS) is 12.7. The van der Waals surface area contributed by atoms with Gasteiger partial charge >= 0.3 is 0 Å². The first-order valence-electron chi connectivity index (χ1n) is 5.39. The third-order valence-corrected chi connectivity index (χ3v) is 4.20. The van der Waals surface area contributed by atoms with Crippen molar-refractivity contribution in [1.29, 1.82) is 0 Å². The highest BCUT2D eigenvalue weighted by atomic mass is 35.5. The van der Waals surface area contributed by atoms with Gasteiger partial charge in [0.2, 0.25) is 0 Å². The van der Waals surface area contributed by atoms with Crippen molar-refractivity contribution in [2.45, 2.75) is 26.4 Å². The summed E-state index contributed by atoms with van der Waals surface area (Å²) in [6.07, 6.45) is 1.12. The van der Waals surface area contributed by atoms with Crippen LogP contribution in [0.2, 0.25) is 10.0 Å². The van der Waals surface area contributed by atoms with Crippen molar-refractivity contribution < 1.29 is 5.11 Å². The lowest BCUT2D eigenvalue weighted by atomic mass is 10.2. The Morgan fingerprint density at radius 2 is 2.11 bits per heavy atom. The van der Waals surface area contributed by atoms with E-state index in [4.69, 9.17) is 23.2 Å². The predicted molar refractivity (Wildman–Crippen MR) is 74.5 cm³/mol. The molecule has 96 valence electrons. The maximum Gasteiger partial charge on any atom is 0.104 e. The van der Waals surface area contributed by atoms with Crippen LogP contribution in [0, 0.1) is 13.8 Å². The highest BCUT2D eigenvalue weighted by Gasteiger charge is 2.16. The number of aryl methyl sites for hydroxylation is 2. The van der Waals surface area contributed by atoms with Gasteiger partial charge in [-0.25, -0.2) is 4.98 Å². The van der Waals surface area contributed by atoms with Gasteiger partial charge < -0.3 is 5.11 Å². The van der Waals surface area contributed by atoms with Crippen LogP contribution in [-0.2, 0) is 6.42 Å². The van der Waals surface area contributed by atoms with E-state index in [1.165, 1.54) is 6.20 Å². The number of aliphatic hydroxyl groups is 1. The second-order valence-corrected chi connectivity index (χ2v) is 6.12. The van der Waals surface area contributed by atoms with Gasteiger partial charge in [0.05, 0.1) is 26.4 Å². The van der Waals surface area contributed by atoms with E-state index in [0.717, 1.165) is 15.6 Å². The molecular weight excluding hydrogens is 291 g/mol. The molecule has 2 rings (SSSR count). The van der Waals surface area contributed by atoms with Gasteiger partial charge in [-0.2, -0.15) is 0 Å². The number of rotatable bonds is 3. The van der Waals surface area contributed by atoms with E-state index in [1.54, 1.807) is 17.4 Å². The molecule has 0 saturated heterocycles. The summed E-state index contributed by atoms with van der Waals surface area (Å²) < 4.78 is 0. The van der Waals surface area contributed by atoms with Crippen molar-refractivity contribution in [2.75, 3.05) is 0 Å². The Morgan fingerprint density at radius 1 is 1.39 bits per heavy atom. The molecule has 2 aromatic rings. The van der Waals surface area contributed by atoms with Crippen molar-refractivity contribution in [3.05, 3.63) is 43.6 Å². The molecule has 2 heterocycles. The average Bonchev–Trinajstić information content (AvgIpc) is 2.57. The van der Waals surface area contributed by atoms with E-state index in [1.807, 2.05) is 13.8 Å². The topological polar surface area (TPSA) is 46.0 Å². The lowest BCUT2D eigenvalue weighted by molar-refractivity contribution is 0.173. The summed E-state index contributed by atoms with van der Waals surface area (Å²) in [5, 5.41) is 11.8. The lowest BCUT2D eigenvalue weighted by Gasteiger charge is -2.10. The van der Waals surface area contributed by atoms with Gasteiger partial charge in [0.25, 0.3) is 0 Å². The molecule has 0 saturated carbocycles. The van der Waals surface area contributed by atoms with Crippen LogP contribution in [-0.4, -0.2) is 15.1 Å². The Kier molecular flexibility index (Phi) is 4.22. The third kappa shape index (κ3) is 3.01. The van der Waals surface area contributed by atoms with Crippen LogP contribution in [0.25, 0.3) is 0 Å². The number of thiazole rings is 1. The second kappa shape index (κ2) is 5.53. The standard InChI is InChI=1S/C12H12Cl2N2OS/c1-6-7(2)18-11(16-6)4-10(17)12-9(14)3-8(13)5-15-12/h3,5,10,17H,4H2,1-2H3. The SMILES string of the molecule is Cc1nc(CC(O)c2ncc(Cl)cc2Cl)sc1C. The van der Waals surface area contributed by atoms with E-state index in [2.05, 4.69) is 9.97 Å². The smallest absolute Gasteiger partial charge is 0.104 e. The molecule has 0 aromatic carbocycles. The van der Waals surface area contributed by atoms with Crippen LogP contribution in [0.1, 0.15) is 27.4 Å². The van der Waals surface area contributed by atoms with Crippen LogP contribution >= 0.6 is 34.5 Å². The first kappa shape index (κ1) is 13.7. The first-order chi connectivity index (χ1) is 8.47. The molecular formula is C12H12Cl2N2OS. The van der Waals surface area contributed by atoms with Crippen LogP contribution in [0.3, 0.4) is 0 Å². The van der Waals surface area contributed by atoms with Crippen LogP contribution in [0.5, 0.6) is 0 Å². The molecule has 0 spiro atoms. The fourth-order valence-electron chi connectivity index (χ4n) is 1.56. The van der Waals surface area contributed by atoms with Gasteiger partial charge in [0.1, 0.15) is 6.10 Å². The Bertz CT molecular complexity index is 552. The van der Waals surface area contributed by atoms with Gasteiger partial charge in [0, 0.05) is 17.5 Å². The fraction of sp³-hybridized carbons (Fsp3) is 0.333. The molecule has 0 aliphatic rings. The summed E-state index contributed by atoms with van der Waals surface area (Å²) in [6, 6.07) is 1.58. The molecule has 0 fully saturated rings. The number of nitrogens with zero attached hydrogens (tertiary/aromatic N) is 2. The highest BCUT2D eigenvalue weighted by molar-refractivity contribution is 7.11. The van der Waals surface area contributed by atoms with E-state index in [-0.39, 0.29) is 0 Å². The van der Waals surface area contributed by atoms with Crippen molar-refractivity contribution in [2.24, 2.45) is 0 Å². The maximum absolute atomic E-state index is 10.1. The molecule has 0 radical (unpaired) electrons. The van der Waals surface area contributed by atoms with E-state index < -0.39 is 6.10 Å². The molecule has 18 heavy (non-hydrogen) atoms. The molecule has 0 aliphatic carbocycles. The largest absolute Gasteiger partial charge is 0.386 e. The molecule has 1 atom stereocenters. The zero-order valence-corrected chi connectivity index (χ0v) is 12.3. The molecule has 3 nitrogen and oxygen atoms in total. The average molecular weight is 303 g/mol. The number of hydrogen-bond acceptors (Lipinski definition) is 4. The van der Waals surface area contributed by atoms with Crippen molar-refractivity contribution >= 4 is 34.5 Å². The molecule has 0 amide bonds. The molecule has 1 N–H and O–H groups in total. The number of aromatic nitrogens is 2. The summed E-state index contributed by atoms with van der Waals surface area (Å²) >= 11 is 13.3. The van der Waals surface area contributed by atoms with Crippen molar-refractivity contribution in [1.82, 2.24) is 9.97 Å². The zero-order chi connectivity index (χ0) is 13.3. The van der Waals surface area contributed by atoms with Gasteiger partial charge in [-0.3, -0.25) is 4.98 Å². The predicted octanol–water partition coefficient (Wildman–Crippen LogP) is 3.74. The molecule has 1 unspecified atom stereocenters. The Hall–Kier alpha value is -0.680. The quantitative estimate of drug-likeness (QED) is 0.939. The van der Waals surface area contributed by atoms with Gasteiger partial charge in [-0.15, -0.1) is 11.3 Å². The maximum atomic E-state index is 10.1. The van der Waals surface area contributed by atoms with Crippen molar-refractivity contribution in [3.63, 3.8) is 0 Å². The summed E-state index contributed by atoms with van der Waals surface area (Å²) in [6.45, 7) is 3.96. The van der Waals surface area contributed by atoms with E-state index in [0.29, 0.717) is 22.2 Å². The Balaban J connectivity index is 2.19. The second-order valence-electron chi connectivity index (χ2n) is 3.99. The summed E-state index contributed by atoms with van der Waals surface area (Å²) in [5.74, 6) is 0. The monoisotopic (exact) mass is 302 g/mol. The number of aliphatic hydroxyl groups excluding tert-OH is 1. The van der Waals surface area contributed by atoms with Gasteiger partial charge in [0.15, 0.2) is 0 Å². The minimum absolute atomic E-state index is 0.375. The Morgan fingerprint density at radius 3 is 2.67 bits per heavy atom. The minimum Gasteiger partial charge on any atom is -0.386 e. The third-order valence-electron chi connectivity index (χ3n) is 2.59. The number of hydrogen-bond donors (Lipinski definition) is 1. The molecule has 2 aromatic heterocycles. The Labute approximate surface area is 119 Å². The first-order valence-corrected chi connectivity index (χ1v) is 6.96. The van der Waals surface area contributed by atoms with Gasteiger partial charge in [-0.05, 0) is 19.9 Å². The van der Waals surface area contributed by atoms with E-state index >= 15 is 0 Å². The van der Waals surface area contributed by atoms with Gasteiger partial charge in [-0.1, -0.05) is 23.2 Å². The molecule has 0 aliphatic heterocycles. The molecule has 6 heteroatoms. The summed E-state index contributed by atoms with van der Waals surface area (Å²) in [4.78, 5) is 9.61. The molecule has 0 bridgehead atoms. The summed E-state index contributed by atoms with van der Waals surface area (Å²) in [7, 11) is 0.